The second-order valence-electron chi connectivity index (χ2n) is 3.72. The summed E-state index contributed by atoms with van der Waals surface area (Å²) in [4.78, 5) is 20.8. The van der Waals surface area contributed by atoms with E-state index in [1.54, 1.807) is 25.1 Å². The van der Waals surface area contributed by atoms with Crippen molar-refractivity contribution in [2.45, 2.75) is 6.92 Å². The number of nitrogens with zero attached hydrogens (tertiary/aromatic N) is 3. The fraction of sp³-hybridized carbons (Fsp3) is 0.250. The smallest absolute Gasteiger partial charge is 0.413 e. The summed E-state index contributed by atoms with van der Waals surface area (Å²) in [6.07, 6.45) is -1.11. The third-order valence-electron chi connectivity index (χ3n) is 2.57. The first-order valence-corrected chi connectivity index (χ1v) is 5.96. The maximum absolute atomic E-state index is 11.2. The average molecular weight is 282 g/mol. The molecule has 19 heavy (non-hydrogen) atoms. The molecule has 0 bridgehead atoms. The number of carbonyl (C=O) groups is 1. The van der Waals surface area contributed by atoms with E-state index in [1.807, 2.05) is 0 Å². The van der Waals surface area contributed by atoms with Crippen LogP contribution < -0.4 is 9.64 Å². The molecule has 1 aromatic heterocycles. The molecule has 2 rings (SSSR count). The van der Waals surface area contributed by atoms with Crippen molar-refractivity contribution in [2.75, 3.05) is 18.6 Å². The summed E-state index contributed by atoms with van der Waals surface area (Å²) in [5.74, 6) is 0.325. The van der Waals surface area contributed by atoms with Crippen molar-refractivity contribution in [1.82, 2.24) is 9.97 Å². The minimum atomic E-state index is -1.11. The van der Waals surface area contributed by atoms with Crippen molar-refractivity contribution in [3.8, 4) is 5.88 Å². The first-order valence-electron chi connectivity index (χ1n) is 5.58. The van der Waals surface area contributed by atoms with Gasteiger partial charge in [-0.2, -0.15) is 0 Å². The van der Waals surface area contributed by atoms with Gasteiger partial charge in [-0.25, -0.2) is 14.8 Å². The van der Waals surface area contributed by atoms with Crippen LogP contribution in [-0.4, -0.2) is 34.8 Å². The van der Waals surface area contributed by atoms with Crippen LogP contribution in [0.25, 0.3) is 11.0 Å². The topological polar surface area (TPSA) is 75.6 Å². The van der Waals surface area contributed by atoms with E-state index in [2.05, 4.69) is 9.97 Å². The Balaban J connectivity index is 2.66. The number of hydrogen-bond acceptors (Lipinski definition) is 4. The first kappa shape index (κ1) is 13.4. The van der Waals surface area contributed by atoms with Crippen LogP contribution in [0.2, 0.25) is 5.02 Å². The minimum absolute atomic E-state index is 0.152. The predicted molar refractivity (Wildman–Crippen MR) is 72.1 cm³/mol. The number of methoxy groups -OCH3 is 1. The highest BCUT2D eigenvalue weighted by molar-refractivity contribution is 6.31. The largest absolute Gasteiger partial charge is 0.478 e. The molecule has 0 aliphatic heterocycles. The molecule has 1 N–H and O–H groups in total. The van der Waals surface area contributed by atoms with Crippen LogP contribution in [0.4, 0.5) is 10.6 Å². The van der Waals surface area contributed by atoms with E-state index in [4.69, 9.17) is 21.4 Å². The SMILES string of the molecule is CCN(C(=O)O)c1nc2ccc(Cl)cc2nc1OC. The van der Waals surface area contributed by atoms with Crippen molar-refractivity contribution in [2.24, 2.45) is 0 Å². The van der Waals surface area contributed by atoms with Crippen LogP contribution in [0.1, 0.15) is 6.92 Å². The van der Waals surface area contributed by atoms with Gasteiger partial charge in [0.1, 0.15) is 0 Å². The van der Waals surface area contributed by atoms with Crippen LogP contribution in [0, 0.1) is 0 Å². The molecule has 0 saturated heterocycles. The number of hydrogen-bond donors (Lipinski definition) is 1. The Labute approximate surface area is 114 Å². The Bertz CT molecular complexity index is 633. The number of anilines is 1. The average Bonchev–Trinajstić information content (AvgIpc) is 2.38. The molecule has 100 valence electrons. The Morgan fingerprint density at radius 1 is 1.42 bits per heavy atom. The Kier molecular flexibility index (Phi) is 3.71. The van der Waals surface area contributed by atoms with Gasteiger partial charge in [0, 0.05) is 11.6 Å². The molecule has 0 saturated carbocycles. The molecular weight excluding hydrogens is 270 g/mol. The van der Waals surface area contributed by atoms with Crippen LogP contribution in [0.3, 0.4) is 0 Å². The van der Waals surface area contributed by atoms with E-state index in [-0.39, 0.29) is 18.2 Å². The van der Waals surface area contributed by atoms with Crippen molar-refractivity contribution in [3.63, 3.8) is 0 Å². The van der Waals surface area contributed by atoms with Crippen molar-refractivity contribution in [1.29, 1.82) is 0 Å². The summed E-state index contributed by atoms with van der Waals surface area (Å²) in [7, 11) is 1.42. The van der Waals surface area contributed by atoms with Crippen LogP contribution in [0.5, 0.6) is 5.88 Å². The summed E-state index contributed by atoms with van der Waals surface area (Å²) in [5.41, 5.74) is 1.11. The monoisotopic (exact) mass is 281 g/mol. The number of aromatic nitrogens is 2. The van der Waals surface area contributed by atoms with Gasteiger partial charge in [-0.1, -0.05) is 11.6 Å². The lowest BCUT2D eigenvalue weighted by Gasteiger charge is -2.18. The fourth-order valence-corrected chi connectivity index (χ4v) is 1.86. The van der Waals surface area contributed by atoms with Gasteiger partial charge < -0.3 is 9.84 Å². The molecule has 0 aliphatic carbocycles. The van der Waals surface area contributed by atoms with Crippen LogP contribution in [-0.2, 0) is 0 Å². The molecular formula is C12H12ClN3O3. The zero-order valence-electron chi connectivity index (χ0n) is 10.4. The van der Waals surface area contributed by atoms with Crippen molar-refractivity contribution in [3.05, 3.63) is 23.2 Å². The Hall–Kier alpha value is -2.08. The molecule has 0 fully saturated rings. The molecule has 2 aromatic rings. The quantitative estimate of drug-likeness (QED) is 0.936. The minimum Gasteiger partial charge on any atom is -0.478 e. The number of benzene rings is 1. The molecule has 0 aliphatic rings. The lowest BCUT2D eigenvalue weighted by Crippen LogP contribution is -2.30. The van der Waals surface area contributed by atoms with Gasteiger partial charge >= 0.3 is 6.09 Å². The highest BCUT2D eigenvalue weighted by atomic mass is 35.5. The second kappa shape index (κ2) is 5.27. The molecule has 1 aromatic carbocycles. The summed E-state index contributed by atoms with van der Waals surface area (Å²) in [6.45, 7) is 1.96. The predicted octanol–water partition coefficient (Wildman–Crippen LogP) is 2.80. The third kappa shape index (κ3) is 2.53. The van der Waals surface area contributed by atoms with E-state index in [9.17, 15) is 4.79 Å². The highest BCUT2D eigenvalue weighted by Gasteiger charge is 2.20. The van der Waals surface area contributed by atoms with Gasteiger partial charge in [0.05, 0.1) is 18.1 Å². The number of rotatable bonds is 3. The van der Waals surface area contributed by atoms with Gasteiger partial charge in [-0.3, -0.25) is 4.90 Å². The zero-order valence-corrected chi connectivity index (χ0v) is 11.2. The Morgan fingerprint density at radius 2 is 2.16 bits per heavy atom. The molecule has 0 atom stereocenters. The van der Waals surface area contributed by atoms with Gasteiger partial charge in [-0.15, -0.1) is 0 Å². The van der Waals surface area contributed by atoms with Crippen molar-refractivity contribution < 1.29 is 14.6 Å². The van der Waals surface area contributed by atoms with Crippen molar-refractivity contribution >= 4 is 34.5 Å². The van der Waals surface area contributed by atoms with E-state index in [0.717, 1.165) is 4.90 Å². The normalized spacial score (nSPS) is 10.5. The molecule has 7 heteroatoms. The number of amides is 1. The molecule has 0 unspecified atom stereocenters. The summed E-state index contributed by atoms with van der Waals surface area (Å²) < 4.78 is 5.10. The number of halogens is 1. The first-order chi connectivity index (χ1) is 9.06. The fourth-order valence-electron chi connectivity index (χ4n) is 1.69. The molecule has 6 nitrogen and oxygen atoms in total. The van der Waals surface area contributed by atoms with Gasteiger partial charge in [0.2, 0.25) is 5.82 Å². The number of fused-ring (bicyclic) bond motifs is 1. The third-order valence-corrected chi connectivity index (χ3v) is 2.81. The van der Waals surface area contributed by atoms with E-state index >= 15 is 0 Å². The molecule has 0 radical (unpaired) electrons. The van der Waals surface area contributed by atoms with Gasteiger partial charge in [-0.05, 0) is 25.1 Å². The second-order valence-corrected chi connectivity index (χ2v) is 4.15. The summed E-state index contributed by atoms with van der Waals surface area (Å²) in [6, 6.07) is 5.00. The van der Waals surface area contributed by atoms with E-state index in [1.165, 1.54) is 7.11 Å². The van der Waals surface area contributed by atoms with E-state index < -0.39 is 6.09 Å². The lowest BCUT2D eigenvalue weighted by molar-refractivity contribution is 0.201. The van der Waals surface area contributed by atoms with Gasteiger partial charge in [0.15, 0.2) is 0 Å². The molecule has 1 amide bonds. The van der Waals surface area contributed by atoms with Gasteiger partial charge in [0.25, 0.3) is 5.88 Å². The summed E-state index contributed by atoms with van der Waals surface area (Å²) in [5, 5.41) is 9.67. The zero-order chi connectivity index (χ0) is 14.0. The van der Waals surface area contributed by atoms with Crippen LogP contribution >= 0.6 is 11.6 Å². The maximum atomic E-state index is 11.2. The standard InChI is InChI=1S/C12H12ClN3O3/c1-3-16(12(17)18)10-11(19-2)15-9-6-7(13)4-5-8(9)14-10/h4-6H,3H2,1-2H3,(H,17,18). The number of ether oxygens (including phenoxy) is 1. The highest BCUT2D eigenvalue weighted by Crippen LogP contribution is 2.27. The Morgan fingerprint density at radius 3 is 2.74 bits per heavy atom. The van der Waals surface area contributed by atoms with Crippen LogP contribution in [0.15, 0.2) is 18.2 Å². The lowest BCUT2D eigenvalue weighted by atomic mass is 10.3. The number of carboxylic acid groups (broad SMARTS) is 1. The molecule has 1 heterocycles. The maximum Gasteiger partial charge on any atom is 0.413 e. The van der Waals surface area contributed by atoms with E-state index in [0.29, 0.717) is 16.1 Å². The summed E-state index contributed by atoms with van der Waals surface area (Å²) >= 11 is 5.88. The molecule has 0 spiro atoms.